The Balaban J connectivity index is 1.81. The summed E-state index contributed by atoms with van der Waals surface area (Å²) in [6.07, 6.45) is 1.64. The van der Waals surface area contributed by atoms with Gasteiger partial charge in [-0.1, -0.05) is 57.2 Å². The van der Waals surface area contributed by atoms with Crippen molar-refractivity contribution in [2.75, 3.05) is 46.2 Å². The third-order valence-electron chi connectivity index (χ3n) is 7.09. The lowest BCUT2D eigenvalue weighted by molar-refractivity contribution is -0.135. The minimum Gasteiger partial charge on any atom is -0.496 e. The third kappa shape index (κ3) is 7.97. The summed E-state index contributed by atoms with van der Waals surface area (Å²) in [5, 5.41) is 0. The SMILES string of the molecule is CCCS(=O)(=O)N(CC(=O)N(Cc1ccccc1)C1CCN(C(=O)c2c(OC)cccc2OC)CC1)CC(C)C. The van der Waals surface area contributed by atoms with Crippen molar-refractivity contribution in [1.82, 2.24) is 14.1 Å². The van der Waals surface area contributed by atoms with Crippen LogP contribution in [-0.2, 0) is 21.4 Å². The van der Waals surface area contributed by atoms with Crippen LogP contribution in [0, 0.1) is 5.92 Å². The summed E-state index contributed by atoms with van der Waals surface area (Å²) in [7, 11) is -0.510. The molecule has 220 valence electrons. The molecule has 0 N–H and O–H groups in total. The predicted octanol–water partition coefficient (Wildman–Crippen LogP) is 4.04. The van der Waals surface area contributed by atoms with Crippen molar-refractivity contribution in [1.29, 1.82) is 0 Å². The van der Waals surface area contributed by atoms with Crippen molar-refractivity contribution in [3.63, 3.8) is 0 Å². The van der Waals surface area contributed by atoms with Crippen LogP contribution in [0.5, 0.6) is 11.5 Å². The number of piperidine rings is 1. The maximum atomic E-state index is 13.8. The van der Waals surface area contributed by atoms with Gasteiger partial charge in [-0.3, -0.25) is 9.59 Å². The monoisotopic (exact) mass is 573 g/mol. The van der Waals surface area contributed by atoms with Crippen molar-refractivity contribution in [2.45, 2.75) is 52.6 Å². The average Bonchev–Trinajstić information content (AvgIpc) is 2.95. The largest absolute Gasteiger partial charge is 0.496 e. The number of rotatable bonds is 13. The smallest absolute Gasteiger partial charge is 0.261 e. The number of amides is 2. The van der Waals surface area contributed by atoms with E-state index in [1.165, 1.54) is 18.5 Å². The first-order valence-corrected chi connectivity index (χ1v) is 15.5. The van der Waals surface area contributed by atoms with Crippen molar-refractivity contribution >= 4 is 21.8 Å². The Labute approximate surface area is 239 Å². The summed E-state index contributed by atoms with van der Waals surface area (Å²) in [6.45, 7) is 7.10. The van der Waals surface area contributed by atoms with Crippen LogP contribution < -0.4 is 9.47 Å². The second-order valence-electron chi connectivity index (χ2n) is 10.6. The van der Waals surface area contributed by atoms with E-state index in [4.69, 9.17) is 9.47 Å². The molecule has 0 aliphatic carbocycles. The zero-order valence-corrected chi connectivity index (χ0v) is 25.2. The van der Waals surface area contributed by atoms with Crippen molar-refractivity contribution < 1.29 is 27.5 Å². The molecular weight excluding hydrogens is 530 g/mol. The van der Waals surface area contributed by atoms with Crippen LogP contribution in [-0.4, -0.2) is 86.5 Å². The fourth-order valence-electron chi connectivity index (χ4n) is 5.11. The third-order valence-corrected chi connectivity index (χ3v) is 9.08. The fraction of sp³-hybridized carbons (Fsp3) is 0.533. The number of carbonyl (C=O) groups is 2. The minimum atomic E-state index is -3.55. The Kier molecular flexibility index (Phi) is 11.4. The molecule has 1 aliphatic rings. The number of likely N-dealkylation sites (tertiary alicyclic amines) is 1. The van der Waals surface area contributed by atoms with Gasteiger partial charge in [0.05, 0.1) is 26.5 Å². The Bertz CT molecular complexity index is 1210. The maximum Gasteiger partial charge on any atom is 0.261 e. The number of carbonyl (C=O) groups excluding carboxylic acids is 2. The van der Waals surface area contributed by atoms with Gasteiger partial charge in [0.25, 0.3) is 5.91 Å². The highest BCUT2D eigenvalue weighted by Crippen LogP contribution is 2.31. The number of ether oxygens (including phenoxy) is 2. The molecule has 1 saturated heterocycles. The quantitative estimate of drug-likeness (QED) is 0.359. The van der Waals surface area contributed by atoms with Crippen molar-refractivity contribution in [3.05, 3.63) is 59.7 Å². The molecule has 0 atom stereocenters. The van der Waals surface area contributed by atoms with Crippen LogP contribution in [0.4, 0.5) is 0 Å². The van der Waals surface area contributed by atoms with E-state index in [2.05, 4.69) is 0 Å². The van der Waals surface area contributed by atoms with E-state index in [9.17, 15) is 18.0 Å². The molecule has 40 heavy (non-hydrogen) atoms. The summed E-state index contributed by atoms with van der Waals surface area (Å²) in [4.78, 5) is 30.9. The number of benzene rings is 2. The first-order valence-electron chi connectivity index (χ1n) is 13.9. The molecule has 1 aliphatic heterocycles. The molecule has 0 saturated carbocycles. The normalized spacial score (nSPS) is 14.4. The van der Waals surface area contributed by atoms with Gasteiger partial charge in [-0.2, -0.15) is 4.31 Å². The molecule has 2 amide bonds. The molecule has 0 unspecified atom stereocenters. The molecule has 1 heterocycles. The average molecular weight is 574 g/mol. The molecule has 3 rings (SSSR count). The summed E-state index contributed by atoms with van der Waals surface area (Å²) in [6, 6.07) is 14.8. The summed E-state index contributed by atoms with van der Waals surface area (Å²) < 4.78 is 38.2. The number of hydrogen-bond donors (Lipinski definition) is 0. The Morgan fingerprint density at radius 3 is 2.10 bits per heavy atom. The second-order valence-corrected chi connectivity index (χ2v) is 12.7. The predicted molar refractivity (Wildman–Crippen MR) is 156 cm³/mol. The van der Waals surface area contributed by atoms with Gasteiger partial charge in [-0.25, -0.2) is 8.42 Å². The standard InChI is InChI=1S/C30H43N3O6S/c1-6-19-40(36,37)32(20-23(2)3)22-28(34)33(21-24-11-8-7-9-12-24)25-15-17-31(18-16-25)30(35)29-26(38-4)13-10-14-27(29)39-5/h7-14,23,25H,6,15-22H2,1-5H3. The highest BCUT2D eigenvalue weighted by molar-refractivity contribution is 7.89. The first kappa shape index (κ1) is 31.4. The molecule has 1 fully saturated rings. The highest BCUT2D eigenvalue weighted by atomic mass is 32.2. The Morgan fingerprint density at radius 1 is 0.975 bits per heavy atom. The van der Waals surface area contributed by atoms with E-state index in [1.807, 2.05) is 51.1 Å². The van der Waals surface area contributed by atoms with E-state index < -0.39 is 10.0 Å². The first-order chi connectivity index (χ1) is 19.1. The Hall–Kier alpha value is -3.11. The zero-order valence-electron chi connectivity index (χ0n) is 24.3. The molecule has 2 aromatic rings. The molecule has 0 aromatic heterocycles. The minimum absolute atomic E-state index is 0.0125. The van der Waals surface area contributed by atoms with Crippen LogP contribution in [0.3, 0.4) is 0 Å². The molecule has 0 bridgehead atoms. The van der Waals surface area contributed by atoms with Gasteiger partial charge in [0.2, 0.25) is 15.9 Å². The number of methoxy groups -OCH3 is 2. The molecule has 2 aromatic carbocycles. The number of nitrogens with zero attached hydrogens (tertiary/aromatic N) is 3. The van der Waals surface area contributed by atoms with E-state index in [0.29, 0.717) is 62.5 Å². The lowest BCUT2D eigenvalue weighted by atomic mass is 10.0. The molecule has 0 radical (unpaired) electrons. The van der Waals surface area contributed by atoms with E-state index in [1.54, 1.807) is 28.0 Å². The molecule has 0 spiro atoms. The lowest BCUT2D eigenvalue weighted by Gasteiger charge is -2.39. The van der Waals surface area contributed by atoms with Crippen LogP contribution in [0.2, 0.25) is 0 Å². The van der Waals surface area contributed by atoms with E-state index >= 15 is 0 Å². The zero-order chi connectivity index (χ0) is 29.3. The second kappa shape index (κ2) is 14.5. The highest BCUT2D eigenvalue weighted by Gasteiger charge is 2.34. The van der Waals surface area contributed by atoms with Gasteiger partial charge in [0.15, 0.2) is 0 Å². The summed E-state index contributed by atoms with van der Waals surface area (Å²) in [5.74, 6) is 0.598. The number of hydrogen-bond acceptors (Lipinski definition) is 6. The molecule has 10 heteroatoms. The van der Waals surface area contributed by atoms with Gasteiger partial charge < -0.3 is 19.3 Å². The van der Waals surface area contributed by atoms with Gasteiger partial charge >= 0.3 is 0 Å². The van der Waals surface area contributed by atoms with E-state index in [0.717, 1.165) is 5.56 Å². The van der Waals surface area contributed by atoms with Crippen LogP contribution >= 0.6 is 0 Å². The fourth-order valence-corrected chi connectivity index (χ4v) is 6.72. The summed E-state index contributed by atoms with van der Waals surface area (Å²) >= 11 is 0. The van der Waals surface area contributed by atoms with Crippen molar-refractivity contribution in [3.8, 4) is 11.5 Å². The van der Waals surface area contributed by atoms with Gasteiger partial charge in [-0.05, 0) is 42.9 Å². The van der Waals surface area contributed by atoms with Crippen LogP contribution in [0.1, 0.15) is 56.0 Å². The van der Waals surface area contributed by atoms with Crippen molar-refractivity contribution in [2.24, 2.45) is 5.92 Å². The topological polar surface area (TPSA) is 96.5 Å². The maximum absolute atomic E-state index is 13.8. The van der Waals surface area contributed by atoms with E-state index in [-0.39, 0.29) is 36.1 Å². The number of sulfonamides is 1. The lowest BCUT2D eigenvalue weighted by Crippen LogP contribution is -2.51. The molecular formula is C30H43N3O6S. The van der Waals surface area contributed by atoms with Gasteiger partial charge in [-0.15, -0.1) is 0 Å². The van der Waals surface area contributed by atoms with Gasteiger partial charge in [0, 0.05) is 32.2 Å². The summed E-state index contributed by atoms with van der Waals surface area (Å²) in [5.41, 5.74) is 1.36. The molecule has 9 nitrogen and oxygen atoms in total. The van der Waals surface area contributed by atoms with Crippen LogP contribution in [0.15, 0.2) is 48.5 Å². The van der Waals surface area contributed by atoms with Gasteiger partial charge in [0.1, 0.15) is 17.1 Å². The Morgan fingerprint density at radius 2 is 1.57 bits per heavy atom. The van der Waals surface area contributed by atoms with Crippen LogP contribution in [0.25, 0.3) is 0 Å².